The molecule has 1 unspecified atom stereocenters. The average molecular weight is 248 g/mol. The molecule has 0 spiro atoms. The highest BCUT2D eigenvalue weighted by atomic mass is 16.5. The Labute approximate surface area is 110 Å². The smallest absolute Gasteiger partial charge is 0.145 e. The van der Waals surface area contributed by atoms with Gasteiger partial charge in [0.1, 0.15) is 5.75 Å². The Kier molecular flexibility index (Phi) is 4.12. The number of methoxy groups -OCH3 is 1. The molecule has 100 valence electrons. The lowest BCUT2D eigenvalue weighted by Crippen LogP contribution is -2.38. The quantitative estimate of drug-likeness (QED) is 0.863. The molecule has 3 heteroatoms. The molecule has 1 atom stereocenters. The van der Waals surface area contributed by atoms with E-state index in [4.69, 9.17) is 4.74 Å². The lowest BCUT2D eigenvalue weighted by Gasteiger charge is -2.27. The monoisotopic (exact) mass is 248 g/mol. The summed E-state index contributed by atoms with van der Waals surface area (Å²) in [5.41, 5.74) is 4.95. The minimum atomic E-state index is 0.508. The number of nitrogens with one attached hydrogen (secondary N) is 2. The molecule has 1 heterocycles. The first-order valence-corrected chi connectivity index (χ1v) is 6.75. The highest BCUT2D eigenvalue weighted by Gasteiger charge is 2.18. The fraction of sp³-hybridized carbons (Fsp3) is 0.600. The maximum absolute atomic E-state index is 5.60. The number of ether oxygens (including phenoxy) is 1. The van der Waals surface area contributed by atoms with Crippen LogP contribution in [0, 0.1) is 20.8 Å². The summed E-state index contributed by atoms with van der Waals surface area (Å²) in [6.45, 7) is 8.58. The first-order valence-electron chi connectivity index (χ1n) is 6.75. The van der Waals surface area contributed by atoms with E-state index >= 15 is 0 Å². The van der Waals surface area contributed by atoms with Crippen LogP contribution in [0.5, 0.6) is 5.75 Å². The standard InChI is InChI=1S/C15H24N2O/c1-10-8-11(2)14(15(18-4)12(10)3)17-13-6-5-7-16-9-13/h8,13,16-17H,5-7,9H2,1-4H3. The number of anilines is 1. The second-order valence-electron chi connectivity index (χ2n) is 5.23. The second kappa shape index (κ2) is 5.61. The van der Waals surface area contributed by atoms with Crippen LogP contribution in [0.1, 0.15) is 29.5 Å². The van der Waals surface area contributed by atoms with Crippen LogP contribution in [0.15, 0.2) is 6.07 Å². The molecule has 0 bridgehead atoms. The molecular weight excluding hydrogens is 224 g/mol. The molecule has 0 aliphatic carbocycles. The average Bonchev–Trinajstić information content (AvgIpc) is 2.37. The van der Waals surface area contributed by atoms with Crippen molar-refractivity contribution < 1.29 is 4.74 Å². The van der Waals surface area contributed by atoms with Gasteiger partial charge in [0.25, 0.3) is 0 Å². The summed E-state index contributed by atoms with van der Waals surface area (Å²) in [6.07, 6.45) is 2.46. The minimum Gasteiger partial charge on any atom is -0.494 e. The van der Waals surface area contributed by atoms with Crippen molar-refractivity contribution in [2.24, 2.45) is 0 Å². The van der Waals surface area contributed by atoms with Gasteiger partial charge < -0.3 is 15.4 Å². The maximum atomic E-state index is 5.60. The van der Waals surface area contributed by atoms with Crippen molar-refractivity contribution in [2.75, 3.05) is 25.5 Å². The summed E-state index contributed by atoms with van der Waals surface area (Å²) in [7, 11) is 1.76. The highest BCUT2D eigenvalue weighted by molar-refractivity contribution is 5.67. The van der Waals surface area contributed by atoms with Gasteiger partial charge in [0.15, 0.2) is 0 Å². The normalized spacial score (nSPS) is 19.7. The summed E-state index contributed by atoms with van der Waals surface area (Å²) in [6, 6.07) is 2.74. The van der Waals surface area contributed by atoms with Crippen LogP contribution in [-0.4, -0.2) is 26.2 Å². The number of aryl methyl sites for hydroxylation is 2. The molecule has 3 nitrogen and oxygen atoms in total. The largest absolute Gasteiger partial charge is 0.494 e. The van der Waals surface area contributed by atoms with Crippen LogP contribution < -0.4 is 15.4 Å². The second-order valence-corrected chi connectivity index (χ2v) is 5.23. The number of benzene rings is 1. The Hall–Kier alpha value is -1.22. The van der Waals surface area contributed by atoms with Gasteiger partial charge >= 0.3 is 0 Å². The summed E-state index contributed by atoms with van der Waals surface area (Å²) in [5, 5.41) is 7.08. The third-order valence-electron chi connectivity index (χ3n) is 3.84. The molecule has 0 amide bonds. The van der Waals surface area contributed by atoms with Crippen LogP contribution in [0.25, 0.3) is 0 Å². The molecule has 1 aliphatic rings. The fourth-order valence-corrected chi connectivity index (χ4v) is 2.66. The van der Waals surface area contributed by atoms with Crippen molar-refractivity contribution in [2.45, 2.75) is 39.7 Å². The van der Waals surface area contributed by atoms with Crippen LogP contribution in [-0.2, 0) is 0 Å². The van der Waals surface area contributed by atoms with Gasteiger partial charge in [0, 0.05) is 12.6 Å². The molecule has 1 saturated heterocycles. The van der Waals surface area contributed by atoms with Gasteiger partial charge in [-0.3, -0.25) is 0 Å². The Balaban J connectivity index is 2.28. The molecule has 1 aromatic carbocycles. The SMILES string of the molecule is COc1c(C)c(C)cc(C)c1NC1CCCNC1. The van der Waals surface area contributed by atoms with E-state index in [1.807, 2.05) is 0 Å². The molecule has 0 saturated carbocycles. The summed E-state index contributed by atoms with van der Waals surface area (Å²) in [5.74, 6) is 0.998. The van der Waals surface area contributed by atoms with Crippen LogP contribution in [0.3, 0.4) is 0 Å². The van der Waals surface area contributed by atoms with Gasteiger partial charge in [-0.1, -0.05) is 6.07 Å². The van der Waals surface area contributed by atoms with Crippen molar-refractivity contribution >= 4 is 5.69 Å². The summed E-state index contributed by atoms with van der Waals surface area (Å²) < 4.78 is 5.60. The Morgan fingerprint density at radius 3 is 2.67 bits per heavy atom. The number of rotatable bonds is 3. The predicted octanol–water partition coefficient (Wildman–Crippen LogP) is 2.78. The van der Waals surface area contributed by atoms with Crippen molar-refractivity contribution in [3.63, 3.8) is 0 Å². The van der Waals surface area contributed by atoms with E-state index in [1.165, 1.54) is 29.5 Å². The number of hydrogen-bond acceptors (Lipinski definition) is 3. The fourth-order valence-electron chi connectivity index (χ4n) is 2.66. The van der Waals surface area contributed by atoms with Crippen molar-refractivity contribution in [1.82, 2.24) is 5.32 Å². The van der Waals surface area contributed by atoms with Gasteiger partial charge in [-0.15, -0.1) is 0 Å². The molecule has 1 fully saturated rings. The molecule has 1 aliphatic heterocycles. The van der Waals surface area contributed by atoms with E-state index in [0.29, 0.717) is 6.04 Å². The molecule has 0 aromatic heterocycles. The molecule has 2 rings (SSSR count). The van der Waals surface area contributed by atoms with Gasteiger partial charge in [-0.05, 0) is 56.8 Å². The van der Waals surface area contributed by atoms with E-state index in [-0.39, 0.29) is 0 Å². The van der Waals surface area contributed by atoms with Gasteiger partial charge in [-0.25, -0.2) is 0 Å². The van der Waals surface area contributed by atoms with E-state index in [9.17, 15) is 0 Å². The Morgan fingerprint density at radius 1 is 1.28 bits per heavy atom. The molecule has 18 heavy (non-hydrogen) atoms. The zero-order valence-electron chi connectivity index (χ0n) is 11.9. The first-order chi connectivity index (χ1) is 8.63. The van der Waals surface area contributed by atoms with Crippen LogP contribution >= 0.6 is 0 Å². The van der Waals surface area contributed by atoms with Crippen molar-refractivity contribution in [3.8, 4) is 5.75 Å². The van der Waals surface area contributed by atoms with Gasteiger partial charge in [0.05, 0.1) is 12.8 Å². The zero-order chi connectivity index (χ0) is 13.1. The van der Waals surface area contributed by atoms with E-state index in [1.54, 1.807) is 7.11 Å². The molecular formula is C15H24N2O. The Morgan fingerprint density at radius 2 is 2.06 bits per heavy atom. The Bertz CT molecular complexity index is 423. The predicted molar refractivity (Wildman–Crippen MR) is 76.7 cm³/mol. The third kappa shape index (κ3) is 2.61. The van der Waals surface area contributed by atoms with E-state index in [0.717, 1.165) is 24.5 Å². The highest BCUT2D eigenvalue weighted by Crippen LogP contribution is 2.35. The third-order valence-corrected chi connectivity index (χ3v) is 3.84. The van der Waals surface area contributed by atoms with E-state index < -0.39 is 0 Å². The molecule has 0 radical (unpaired) electrons. The van der Waals surface area contributed by atoms with E-state index in [2.05, 4.69) is 37.5 Å². The lowest BCUT2D eigenvalue weighted by molar-refractivity contribution is 0.410. The maximum Gasteiger partial charge on any atom is 0.145 e. The number of piperidine rings is 1. The van der Waals surface area contributed by atoms with Crippen LogP contribution in [0.4, 0.5) is 5.69 Å². The van der Waals surface area contributed by atoms with Gasteiger partial charge in [0.2, 0.25) is 0 Å². The van der Waals surface area contributed by atoms with Crippen molar-refractivity contribution in [1.29, 1.82) is 0 Å². The molecule has 1 aromatic rings. The minimum absolute atomic E-state index is 0.508. The number of hydrogen-bond donors (Lipinski definition) is 2. The summed E-state index contributed by atoms with van der Waals surface area (Å²) in [4.78, 5) is 0. The van der Waals surface area contributed by atoms with Crippen LogP contribution in [0.2, 0.25) is 0 Å². The summed E-state index contributed by atoms with van der Waals surface area (Å²) >= 11 is 0. The van der Waals surface area contributed by atoms with Crippen molar-refractivity contribution in [3.05, 3.63) is 22.8 Å². The van der Waals surface area contributed by atoms with Gasteiger partial charge in [-0.2, -0.15) is 0 Å². The zero-order valence-corrected chi connectivity index (χ0v) is 11.9. The molecule has 2 N–H and O–H groups in total. The first kappa shape index (κ1) is 13.2. The topological polar surface area (TPSA) is 33.3 Å². The lowest BCUT2D eigenvalue weighted by atomic mass is 10.0.